The van der Waals surface area contributed by atoms with E-state index in [1.54, 1.807) is 10.9 Å². The van der Waals surface area contributed by atoms with E-state index >= 15 is 0 Å². The molecule has 1 amide bonds. The Kier molecular flexibility index (Phi) is 5.59. The normalized spacial score (nSPS) is 15.0. The Morgan fingerprint density at radius 3 is 2.93 bits per heavy atom. The first-order valence-corrected chi connectivity index (χ1v) is 9.59. The van der Waals surface area contributed by atoms with Crippen LogP contribution in [-0.2, 0) is 4.74 Å². The van der Waals surface area contributed by atoms with Gasteiger partial charge >= 0.3 is 0 Å². The van der Waals surface area contributed by atoms with Crippen molar-refractivity contribution in [2.75, 3.05) is 39.4 Å². The Bertz CT molecular complexity index is 964. The van der Waals surface area contributed by atoms with Crippen molar-refractivity contribution < 1.29 is 9.53 Å². The van der Waals surface area contributed by atoms with Gasteiger partial charge in [0.15, 0.2) is 5.65 Å². The number of nitrogens with zero attached hydrogens (tertiary/aromatic N) is 5. The summed E-state index contributed by atoms with van der Waals surface area (Å²) < 4.78 is 7.04. The van der Waals surface area contributed by atoms with Crippen molar-refractivity contribution in [3.05, 3.63) is 47.7 Å². The van der Waals surface area contributed by atoms with Gasteiger partial charge in [0.25, 0.3) is 5.91 Å². The number of aromatic nitrogens is 4. The minimum absolute atomic E-state index is 0.0706. The molecule has 1 fully saturated rings. The first kappa shape index (κ1) is 18.5. The summed E-state index contributed by atoms with van der Waals surface area (Å²) in [6, 6.07) is 9.32. The SMILES string of the molecule is Cc1c(C(=O)NCCCN2CCOCC2)cccc1-n1nnc2cccnc21. The van der Waals surface area contributed by atoms with Gasteiger partial charge in [0.2, 0.25) is 0 Å². The van der Waals surface area contributed by atoms with Gasteiger partial charge in [-0.1, -0.05) is 11.3 Å². The van der Waals surface area contributed by atoms with Gasteiger partial charge < -0.3 is 10.1 Å². The highest BCUT2D eigenvalue weighted by atomic mass is 16.5. The molecule has 1 N–H and O–H groups in total. The van der Waals surface area contributed by atoms with Gasteiger partial charge in [-0.25, -0.2) is 4.98 Å². The molecule has 0 atom stereocenters. The number of morpholine rings is 1. The average molecular weight is 380 g/mol. The van der Waals surface area contributed by atoms with Crippen molar-refractivity contribution >= 4 is 17.1 Å². The number of fused-ring (bicyclic) bond motifs is 1. The van der Waals surface area contributed by atoms with E-state index in [9.17, 15) is 4.79 Å². The van der Waals surface area contributed by atoms with Crippen LogP contribution in [0.25, 0.3) is 16.9 Å². The second kappa shape index (κ2) is 8.45. The van der Waals surface area contributed by atoms with Gasteiger partial charge in [-0.15, -0.1) is 5.10 Å². The summed E-state index contributed by atoms with van der Waals surface area (Å²) in [7, 11) is 0. The van der Waals surface area contributed by atoms with E-state index in [0.29, 0.717) is 17.8 Å². The van der Waals surface area contributed by atoms with Crippen LogP contribution >= 0.6 is 0 Å². The number of amides is 1. The van der Waals surface area contributed by atoms with Gasteiger partial charge in [-0.3, -0.25) is 9.69 Å². The van der Waals surface area contributed by atoms with E-state index in [4.69, 9.17) is 4.74 Å². The third kappa shape index (κ3) is 3.88. The first-order chi connectivity index (χ1) is 13.7. The molecule has 2 aromatic heterocycles. The summed E-state index contributed by atoms with van der Waals surface area (Å²) in [5, 5.41) is 11.4. The molecule has 0 aliphatic carbocycles. The number of pyridine rings is 1. The van der Waals surface area contributed by atoms with E-state index in [1.165, 1.54) is 0 Å². The van der Waals surface area contributed by atoms with E-state index in [2.05, 4.69) is 25.5 Å². The zero-order chi connectivity index (χ0) is 19.3. The molecule has 8 heteroatoms. The number of carbonyl (C=O) groups excluding carboxylic acids is 1. The lowest BCUT2D eigenvalue weighted by molar-refractivity contribution is 0.0374. The maximum atomic E-state index is 12.7. The van der Waals surface area contributed by atoms with Gasteiger partial charge in [-0.05, 0) is 49.7 Å². The molecule has 146 valence electrons. The molecule has 3 aromatic rings. The first-order valence-electron chi connectivity index (χ1n) is 9.59. The van der Waals surface area contributed by atoms with Crippen LogP contribution in [0.3, 0.4) is 0 Å². The molecule has 0 spiro atoms. The Hall–Kier alpha value is -2.84. The summed E-state index contributed by atoms with van der Waals surface area (Å²) in [4.78, 5) is 19.4. The molecule has 8 nitrogen and oxygen atoms in total. The highest BCUT2D eigenvalue weighted by Crippen LogP contribution is 2.20. The largest absolute Gasteiger partial charge is 0.379 e. The van der Waals surface area contributed by atoms with Crippen LogP contribution in [-0.4, -0.2) is 70.2 Å². The van der Waals surface area contributed by atoms with Crippen molar-refractivity contribution in [1.29, 1.82) is 0 Å². The summed E-state index contributed by atoms with van der Waals surface area (Å²) in [6.45, 7) is 7.07. The highest BCUT2D eigenvalue weighted by molar-refractivity contribution is 5.96. The molecule has 4 rings (SSSR count). The van der Waals surface area contributed by atoms with E-state index in [-0.39, 0.29) is 5.91 Å². The number of ether oxygens (including phenoxy) is 1. The van der Waals surface area contributed by atoms with Crippen molar-refractivity contribution in [2.24, 2.45) is 0 Å². The van der Waals surface area contributed by atoms with Crippen molar-refractivity contribution in [1.82, 2.24) is 30.2 Å². The minimum Gasteiger partial charge on any atom is -0.379 e. The van der Waals surface area contributed by atoms with E-state index < -0.39 is 0 Å². The molecule has 0 bridgehead atoms. The number of benzene rings is 1. The van der Waals surface area contributed by atoms with Crippen LogP contribution in [0.2, 0.25) is 0 Å². The molecule has 1 aliphatic rings. The molecule has 1 aliphatic heterocycles. The number of nitrogens with one attached hydrogen (secondary N) is 1. The van der Waals surface area contributed by atoms with Crippen molar-refractivity contribution in [2.45, 2.75) is 13.3 Å². The van der Waals surface area contributed by atoms with Crippen molar-refractivity contribution in [3.63, 3.8) is 0 Å². The summed E-state index contributed by atoms with van der Waals surface area (Å²) in [5.74, 6) is -0.0706. The molecular weight excluding hydrogens is 356 g/mol. The molecule has 1 aromatic carbocycles. The average Bonchev–Trinajstić information content (AvgIpc) is 3.16. The smallest absolute Gasteiger partial charge is 0.251 e. The standard InChI is InChI=1S/C20H24N6O2/c1-15-16(20(27)22-9-4-10-25-11-13-28-14-12-25)5-2-7-18(15)26-19-17(23-24-26)6-3-8-21-19/h2-3,5-8H,4,9-14H2,1H3,(H,22,27). The fourth-order valence-electron chi connectivity index (χ4n) is 3.45. The Labute approximate surface area is 163 Å². The van der Waals surface area contributed by atoms with E-state index in [0.717, 1.165) is 56.0 Å². The third-order valence-corrected chi connectivity index (χ3v) is 5.03. The molecule has 0 unspecified atom stereocenters. The number of carbonyl (C=O) groups is 1. The number of rotatable bonds is 6. The Balaban J connectivity index is 1.43. The zero-order valence-electron chi connectivity index (χ0n) is 16.0. The Morgan fingerprint density at radius 1 is 1.21 bits per heavy atom. The van der Waals surface area contributed by atoms with Crippen LogP contribution in [0, 0.1) is 6.92 Å². The third-order valence-electron chi connectivity index (χ3n) is 5.03. The number of hydrogen-bond donors (Lipinski definition) is 1. The molecule has 28 heavy (non-hydrogen) atoms. The molecule has 1 saturated heterocycles. The highest BCUT2D eigenvalue weighted by Gasteiger charge is 2.16. The summed E-state index contributed by atoms with van der Waals surface area (Å²) in [5.41, 5.74) is 3.70. The lowest BCUT2D eigenvalue weighted by atomic mass is 10.1. The summed E-state index contributed by atoms with van der Waals surface area (Å²) in [6.07, 6.45) is 2.63. The topological polar surface area (TPSA) is 85.2 Å². The quantitative estimate of drug-likeness (QED) is 0.654. The molecule has 0 saturated carbocycles. The van der Waals surface area contributed by atoms with Gasteiger partial charge in [0, 0.05) is 31.4 Å². The number of hydrogen-bond acceptors (Lipinski definition) is 6. The fourth-order valence-corrected chi connectivity index (χ4v) is 3.45. The van der Waals surface area contributed by atoms with Gasteiger partial charge in [-0.2, -0.15) is 4.68 Å². The zero-order valence-corrected chi connectivity index (χ0v) is 16.0. The maximum Gasteiger partial charge on any atom is 0.251 e. The van der Waals surface area contributed by atoms with Crippen LogP contribution in [0.15, 0.2) is 36.5 Å². The van der Waals surface area contributed by atoms with Gasteiger partial charge in [0.1, 0.15) is 5.52 Å². The van der Waals surface area contributed by atoms with Crippen LogP contribution < -0.4 is 5.32 Å². The van der Waals surface area contributed by atoms with Crippen LogP contribution in [0.1, 0.15) is 22.3 Å². The maximum absolute atomic E-state index is 12.7. The van der Waals surface area contributed by atoms with Gasteiger partial charge in [0.05, 0.1) is 18.9 Å². The molecular formula is C20H24N6O2. The predicted molar refractivity (Wildman–Crippen MR) is 106 cm³/mol. The van der Waals surface area contributed by atoms with Crippen molar-refractivity contribution in [3.8, 4) is 5.69 Å². The van der Waals surface area contributed by atoms with Crippen LogP contribution in [0.4, 0.5) is 0 Å². The summed E-state index contributed by atoms with van der Waals surface area (Å²) >= 11 is 0. The lowest BCUT2D eigenvalue weighted by Crippen LogP contribution is -2.38. The van der Waals surface area contributed by atoms with E-state index in [1.807, 2.05) is 37.3 Å². The molecule has 3 heterocycles. The molecule has 0 radical (unpaired) electrons. The minimum atomic E-state index is -0.0706. The Morgan fingerprint density at radius 2 is 2.07 bits per heavy atom. The monoisotopic (exact) mass is 380 g/mol. The fraction of sp³-hybridized carbons (Fsp3) is 0.400. The van der Waals surface area contributed by atoms with Crippen LogP contribution in [0.5, 0.6) is 0 Å². The second-order valence-corrected chi connectivity index (χ2v) is 6.86. The second-order valence-electron chi connectivity index (χ2n) is 6.86. The predicted octanol–water partition coefficient (Wildman–Crippen LogP) is 1.58. The lowest BCUT2D eigenvalue weighted by Gasteiger charge is -2.26.